The molecule has 25 heavy (non-hydrogen) atoms. The van der Waals surface area contributed by atoms with Crippen LogP contribution in [0.1, 0.15) is 24.0 Å². The summed E-state index contributed by atoms with van der Waals surface area (Å²) in [6, 6.07) is 8.14. The van der Waals surface area contributed by atoms with Crippen LogP contribution in [0.15, 0.2) is 35.0 Å². The molecule has 0 spiro atoms. The third-order valence-electron chi connectivity index (χ3n) is 4.56. The van der Waals surface area contributed by atoms with Crippen molar-refractivity contribution in [1.29, 1.82) is 0 Å². The summed E-state index contributed by atoms with van der Waals surface area (Å²) in [5, 5.41) is 9.37. The zero-order chi connectivity index (χ0) is 17.6. The van der Waals surface area contributed by atoms with Crippen molar-refractivity contribution in [3.05, 3.63) is 47.5 Å². The van der Waals surface area contributed by atoms with Crippen LogP contribution in [0, 0.1) is 13.8 Å². The largest absolute Gasteiger partial charge is 0.334 e. The molecule has 6 nitrogen and oxygen atoms in total. The van der Waals surface area contributed by atoms with Crippen LogP contribution in [-0.2, 0) is 13.5 Å². The molecule has 3 aromatic heterocycles. The van der Waals surface area contributed by atoms with E-state index < -0.39 is 0 Å². The average molecular weight is 333 g/mol. The molecule has 0 aliphatic rings. The number of aryl methyl sites for hydroxylation is 3. The Kier molecular flexibility index (Phi) is 3.60. The van der Waals surface area contributed by atoms with E-state index in [0.29, 0.717) is 11.7 Å². The fourth-order valence-electron chi connectivity index (χ4n) is 2.93. The van der Waals surface area contributed by atoms with Crippen LogP contribution in [0.5, 0.6) is 0 Å². The highest BCUT2D eigenvalue weighted by Gasteiger charge is 2.13. The van der Waals surface area contributed by atoms with E-state index in [1.54, 1.807) is 0 Å². The molecular weight excluding hydrogens is 314 g/mol. The normalized spacial score (nSPS) is 11.4. The van der Waals surface area contributed by atoms with Crippen LogP contribution in [0.4, 0.5) is 0 Å². The lowest BCUT2D eigenvalue weighted by molar-refractivity contribution is 0.423. The van der Waals surface area contributed by atoms with E-state index in [-0.39, 0.29) is 0 Å². The molecule has 0 N–H and O–H groups in total. The van der Waals surface area contributed by atoms with Crippen molar-refractivity contribution in [2.75, 3.05) is 0 Å². The maximum absolute atomic E-state index is 5.35. The van der Waals surface area contributed by atoms with Crippen molar-refractivity contribution in [1.82, 2.24) is 24.9 Å². The van der Waals surface area contributed by atoms with Gasteiger partial charge in [0.15, 0.2) is 5.82 Å². The first-order valence-electron chi connectivity index (χ1n) is 8.30. The molecule has 0 unspecified atom stereocenters. The second kappa shape index (κ2) is 5.81. The van der Waals surface area contributed by atoms with Gasteiger partial charge in [-0.05, 0) is 43.7 Å². The molecule has 0 fully saturated rings. The van der Waals surface area contributed by atoms with E-state index in [9.17, 15) is 0 Å². The quantitative estimate of drug-likeness (QED) is 0.569. The van der Waals surface area contributed by atoms with Gasteiger partial charge in [0.05, 0.1) is 17.4 Å². The van der Waals surface area contributed by atoms with Gasteiger partial charge >= 0.3 is 0 Å². The molecular formula is C19H19N5O. The molecule has 1 aromatic carbocycles. The standard InChI is InChI=1S/C19H19N5O/c1-5-18-22-19(25-23-18)13-6-7-16-14(9-13)11(2)8-17(21-16)15-10-20-24(4)12(15)3/h6-10H,5H2,1-4H3. The number of fused-ring (bicyclic) bond motifs is 1. The van der Waals surface area contributed by atoms with Crippen molar-refractivity contribution in [2.45, 2.75) is 27.2 Å². The van der Waals surface area contributed by atoms with E-state index in [2.05, 4.69) is 34.3 Å². The Balaban J connectivity index is 1.83. The maximum atomic E-state index is 5.35. The molecule has 0 saturated carbocycles. The fraction of sp³-hybridized carbons (Fsp3) is 0.263. The first-order chi connectivity index (χ1) is 12.1. The maximum Gasteiger partial charge on any atom is 0.257 e. The molecule has 126 valence electrons. The minimum Gasteiger partial charge on any atom is -0.334 e. The van der Waals surface area contributed by atoms with Crippen LogP contribution in [0.3, 0.4) is 0 Å². The van der Waals surface area contributed by atoms with Gasteiger partial charge in [0.25, 0.3) is 5.89 Å². The Labute approximate surface area is 145 Å². The van der Waals surface area contributed by atoms with Crippen molar-refractivity contribution >= 4 is 10.9 Å². The summed E-state index contributed by atoms with van der Waals surface area (Å²) in [6.45, 7) is 6.15. The first kappa shape index (κ1) is 15.5. The van der Waals surface area contributed by atoms with E-state index in [1.807, 2.05) is 43.9 Å². The predicted molar refractivity (Wildman–Crippen MR) is 96.1 cm³/mol. The van der Waals surface area contributed by atoms with Crippen molar-refractivity contribution in [3.63, 3.8) is 0 Å². The van der Waals surface area contributed by atoms with E-state index in [0.717, 1.165) is 45.4 Å². The number of hydrogen-bond acceptors (Lipinski definition) is 5. The summed E-state index contributed by atoms with van der Waals surface area (Å²) in [6.07, 6.45) is 2.62. The van der Waals surface area contributed by atoms with Crippen LogP contribution in [0.2, 0.25) is 0 Å². The molecule has 0 radical (unpaired) electrons. The smallest absolute Gasteiger partial charge is 0.257 e. The third kappa shape index (κ3) is 2.59. The predicted octanol–water partition coefficient (Wildman–Crippen LogP) is 3.86. The molecule has 0 aliphatic carbocycles. The lowest BCUT2D eigenvalue weighted by Gasteiger charge is -2.07. The van der Waals surface area contributed by atoms with Crippen LogP contribution >= 0.6 is 0 Å². The highest BCUT2D eigenvalue weighted by molar-refractivity contribution is 5.88. The van der Waals surface area contributed by atoms with Crippen molar-refractivity contribution < 1.29 is 4.52 Å². The molecule has 0 saturated heterocycles. The van der Waals surface area contributed by atoms with E-state index >= 15 is 0 Å². The molecule has 0 aliphatic heterocycles. The Hall–Kier alpha value is -3.02. The van der Waals surface area contributed by atoms with Gasteiger partial charge in [0, 0.05) is 35.7 Å². The molecule has 4 aromatic rings. The molecule has 4 rings (SSSR count). The Morgan fingerprint density at radius 2 is 1.96 bits per heavy atom. The molecule has 0 amide bonds. The lowest BCUT2D eigenvalue weighted by atomic mass is 10.0. The second-order valence-corrected chi connectivity index (χ2v) is 6.19. The zero-order valence-electron chi connectivity index (χ0n) is 14.7. The molecule has 0 bridgehead atoms. The summed E-state index contributed by atoms with van der Waals surface area (Å²) >= 11 is 0. The fourth-order valence-corrected chi connectivity index (χ4v) is 2.93. The van der Waals surface area contributed by atoms with Gasteiger partial charge in [-0.1, -0.05) is 12.1 Å². The summed E-state index contributed by atoms with van der Waals surface area (Å²) < 4.78 is 7.21. The van der Waals surface area contributed by atoms with Crippen LogP contribution in [-0.4, -0.2) is 24.9 Å². The number of nitrogens with zero attached hydrogens (tertiary/aromatic N) is 5. The number of hydrogen-bond donors (Lipinski definition) is 0. The van der Waals surface area contributed by atoms with E-state index in [1.165, 1.54) is 0 Å². The average Bonchev–Trinajstić information content (AvgIpc) is 3.22. The van der Waals surface area contributed by atoms with Gasteiger partial charge in [0.2, 0.25) is 0 Å². The summed E-state index contributed by atoms with van der Waals surface area (Å²) in [4.78, 5) is 9.22. The number of benzene rings is 1. The van der Waals surface area contributed by atoms with Crippen LogP contribution in [0.25, 0.3) is 33.6 Å². The molecule has 3 heterocycles. The topological polar surface area (TPSA) is 69.6 Å². The van der Waals surface area contributed by atoms with Gasteiger partial charge in [-0.15, -0.1) is 0 Å². The van der Waals surface area contributed by atoms with Gasteiger partial charge in [-0.3, -0.25) is 4.68 Å². The van der Waals surface area contributed by atoms with Gasteiger partial charge in [-0.2, -0.15) is 10.1 Å². The Morgan fingerprint density at radius 3 is 2.64 bits per heavy atom. The van der Waals surface area contributed by atoms with Crippen LogP contribution < -0.4 is 0 Å². The van der Waals surface area contributed by atoms with Crippen molar-refractivity contribution in [3.8, 4) is 22.7 Å². The van der Waals surface area contributed by atoms with Gasteiger partial charge in [-0.25, -0.2) is 4.98 Å². The first-order valence-corrected chi connectivity index (χ1v) is 8.30. The number of aromatic nitrogens is 5. The van der Waals surface area contributed by atoms with E-state index in [4.69, 9.17) is 9.51 Å². The Morgan fingerprint density at radius 1 is 1.12 bits per heavy atom. The molecule has 6 heteroatoms. The summed E-state index contributed by atoms with van der Waals surface area (Å²) in [7, 11) is 1.94. The lowest BCUT2D eigenvalue weighted by Crippen LogP contribution is -1.94. The zero-order valence-corrected chi connectivity index (χ0v) is 14.7. The highest BCUT2D eigenvalue weighted by atomic mass is 16.5. The monoisotopic (exact) mass is 333 g/mol. The summed E-state index contributed by atoms with van der Waals surface area (Å²) in [5.41, 5.74) is 6.10. The summed E-state index contributed by atoms with van der Waals surface area (Å²) in [5.74, 6) is 1.26. The molecule has 0 atom stereocenters. The second-order valence-electron chi connectivity index (χ2n) is 6.19. The van der Waals surface area contributed by atoms with Gasteiger partial charge in [0.1, 0.15) is 0 Å². The SMILES string of the molecule is CCc1noc(-c2ccc3nc(-c4cnn(C)c4C)cc(C)c3c2)n1. The number of rotatable bonds is 3. The Bertz CT molecular complexity index is 1080. The highest BCUT2D eigenvalue weighted by Crippen LogP contribution is 2.29. The minimum absolute atomic E-state index is 0.547. The van der Waals surface area contributed by atoms with Gasteiger partial charge < -0.3 is 4.52 Å². The third-order valence-corrected chi connectivity index (χ3v) is 4.56. The van der Waals surface area contributed by atoms with Crippen molar-refractivity contribution in [2.24, 2.45) is 7.05 Å². The minimum atomic E-state index is 0.547. The number of pyridine rings is 1.